The van der Waals surface area contributed by atoms with Crippen molar-refractivity contribution in [2.45, 2.75) is 25.3 Å². The van der Waals surface area contributed by atoms with Crippen molar-refractivity contribution in [2.24, 2.45) is 0 Å². The standard InChI is InChI=1S/C7H15NS/c1-3-9-6-7(8-2)4-5-7/h8H,3-6H2,1-2H3. The monoisotopic (exact) mass is 145 g/mol. The Morgan fingerprint density at radius 3 is 2.56 bits per heavy atom. The van der Waals surface area contributed by atoms with Crippen molar-refractivity contribution < 1.29 is 0 Å². The van der Waals surface area contributed by atoms with E-state index in [9.17, 15) is 0 Å². The quantitative estimate of drug-likeness (QED) is 0.643. The summed E-state index contributed by atoms with van der Waals surface area (Å²) in [5.41, 5.74) is 0.556. The molecule has 1 aliphatic rings. The molecule has 0 bridgehead atoms. The van der Waals surface area contributed by atoms with Crippen LogP contribution in [0.25, 0.3) is 0 Å². The van der Waals surface area contributed by atoms with Gasteiger partial charge in [0, 0.05) is 11.3 Å². The molecule has 0 heterocycles. The first-order chi connectivity index (χ1) is 4.33. The van der Waals surface area contributed by atoms with Gasteiger partial charge in [-0.1, -0.05) is 6.92 Å². The molecule has 0 amide bonds. The molecule has 1 fully saturated rings. The van der Waals surface area contributed by atoms with Crippen LogP contribution in [0.15, 0.2) is 0 Å². The summed E-state index contributed by atoms with van der Waals surface area (Å²) in [6, 6.07) is 0. The summed E-state index contributed by atoms with van der Waals surface area (Å²) >= 11 is 2.04. The molecular weight excluding hydrogens is 130 g/mol. The van der Waals surface area contributed by atoms with Crippen molar-refractivity contribution in [2.75, 3.05) is 18.6 Å². The van der Waals surface area contributed by atoms with E-state index < -0.39 is 0 Å². The van der Waals surface area contributed by atoms with Crippen LogP contribution < -0.4 is 5.32 Å². The zero-order valence-electron chi connectivity index (χ0n) is 6.24. The Labute approximate surface area is 61.6 Å². The summed E-state index contributed by atoms with van der Waals surface area (Å²) in [5.74, 6) is 2.56. The van der Waals surface area contributed by atoms with Crippen molar-refractivity contribution in [3.05, 3.63) is 0 Å². The SMILES string of the molecule is CCSCC1(NC)CC1. The molecule has 1 nitrogen and oxygen atoms in total. The van der Waals surface area contributed by atoms with Crippen LogP contribution in [-0.4, -0.2) is 24.1 Å². The molecule has 1 rings (SSSR count). The molecule has 0 atom stereocenters. The third-order valence-corrected chi connectivity index (χ3v) is 3.13. The van der Waals surface area contributed by atoms with Gasteiger partial charge in [0.25, 0.3) is 0 Å². The Hall–Kier alpha value is 0.310. The first kappa shape index (κ1) is 7.42. The van der Waals surface area contributed by atoms with Gasteiger partial charge in [-0.3, -0.25) is 0 Å². The molecule has 1 aliphatic carbocycles. The van der Waals surface area contributed by atoms with Gasteiger partial charge in [-0.05, 0) is 25.6 Å². The lowest BCUT2D eigenvalue weighted by atomic mass is 10.3. The third-order valence-electron chi connectivity index (χ3n) is 1.97. The molecule has 0 aromatic rings. The summed E-state index contributed by atoms with van der Waals surface area (Å²) in [4.78, 5) is 0. The Morgan fingerprint density at radius 2 is 2.22 bits per heavy atom. The van der Waals surface area contributed by atoms with Crippen LogP contribution in [-0.2, 0) is 0 Å². The van der Waals surface area contributed by atoms with Gasteiger partial charge in [0.2, 0.25) is 0 Å². The molecule has 1 saturated carbocycles. The lowest BCUT2D eigenvalue weighted by Gasteiger charge is -2.11. The van der Waals surface area contributed by atoms with E-state index in [0.29, 0.717) is 5.54 Å². The van der Waals surface area contributed by atoms with Crippen LogP contribution in [0, 0.1) is 0 Å². The minimum absolute atomic E-state index is 0.556. The second-order valence-corrected chi connectivity index (χ2v) is 3.94. The Balaban J connectivity index is 2.10. The van der Waals surface area contributed by atoms with E-state index in [1.165, 1.54) is 24.3 Å². The Kier molecular flexibility index (Phi) is 2.42. The minimum Gasteiger partial charge on any atom is -0.313 e. The second kappa shape index (κ2) is 2.93. The van der Waals surface area contributed by atoms with Gasteiger partial charge in [0.1, 0.15) is 0 Å². The first-order valence-corrected chi connectivity index (χ1v) is 4.75. The predicted octanol–water partition coefficient (Wildman–Crippen LogP) is 1.49. The van der Waals surface area contributed by atoms with E-state index in [0.717, 1.165) is 0 Å². The molecule has 0 aromatic heterocycles. The molecule has 54 valence electrons. The minimum atomic E-state index is 0.556. The normalized spacial score (nSPS) is 22.0. The molecule has 0 aromatic carbocycles. The fourth-order valence-electron chi connectivity index (χ4n) is 0.915. The predicted molar refractivity (Wildman–Crippen MR) is 44.0 cm³/mol. The highest BCUT2D eigenvalue weighted by molar-refractivity contribution is 7.99. The van der Waals surface area contributed by atoms with Crippen LogP contribution in [0.4, 0.5) is 0 Å². The van der Waals surface area contributed by atoms with Crippen molar-refractivity contribution in [1.29, 1.82) is 0 Å². The molecule has 0 aliphatic heterocycles. The van der Waals surface area contributed by atoms with Crippen molar-refractivity contribution in [3.63, 3.8) is 0 Å². The lowest BCUT2D eigenvalue weighted by Crippen LogP contribution is -2.29. The van der Waals surface area contributed by atoms with Gasteiger partial charge in [-0.15, -0.1) is 0 Å². The molecule has 2 heteroatoms. The topological polar surface area (TPSA) is 12.0 Å². The number of rotatable bonds is 4. The summed E-state index contributed by atoms with van der Waals surface area (Å²) in [7, 11) is 2.07. The van der Waals surface area contributed by atoms with E-state index in [1.54, 1.807) is 0 Å². The number of thioether (sulfide) groups is 1. The van der Waals surface area contributed by atoms with E-state index in [-0.39, 0.29) is 0 Å². The molecule has 0 saturated heterocycles. The lowest BCUT2D eigenvalue weighted by molar-refractivity contribution is 0.617. The van der Waals surface area contributed by atoms with Gasteiger partial charge in [0.15, 0.2) is 0 Å². The van der Waals surface area contributed by atoms with Gasteiger partial charge >= 0.3 is 0 Å². The second-order valence-electron chi connectivity index (χ2n) is 2.67. The average Bonchev–Trinajstić information content (AvgIpc) is 2.65. The highest BCUT2D eigenvalue weighted by Gasteiger charge is 2.40. The molecule has 0 spiro atoms. The van der Waals surface area contributed by atoms with Gasteiger partial charge in [0.05, 0.1) is 0 Å². The van der Waals surface area contributed by atoms with Crippen LogP contribution in [0.1, 0.15) is 19.8 Å². The molecule has 9 heavy (non-hydrogen) atoms. The van der Waals surface area contributed by atoms with Crippen molar-refractivity contribution >= 4 is 11.8 Å². The highest BCUT2D eigenvalue weighted by Crippen LogP contribution is 2.37. The number of hydrogen-bond acceptors (Lipinski definition) is 2. The fraction of sp³-hybridized carbons (Fsp3) is 1.00. The molecule has 0 unspecified atom stereocenters. The van der Waals surface area contributed by atoms with Gasteiger partial charge < -0.3 is 5.32 Å². The summed E-state index contributed by atoms with van der Waals surface area (Å²) in [6.07, 6.45) is 2.77. The van der Waals surface area contributed by atoms with Crippen molar-refractivity contribution in [3.8, 4) is 0 Å². The molecular formula is C7H15NS. The molecule has 0 radical (unpaired) electrons. The van der Waals surface area contributed by atoms with E-state index in [2.05, 4.69) is 19.3 Å². The maximum Gasteiger partial charge on any atom is 0.0270 e. The molecule has 1 N–H and O–H groups in total. The zero-order chi connectivity index (χ0) is 6.74. The Morgan fingerprint density at radius 1 is 1.56 bits per heavy atom. The smallest absolute Gasteiger partial charge is 0.0270 e. The van der Waals surface area contributed by atoms with E-state index in [1.807, 2.05) is 11.8 Å². The third kappa shape index (κ3) is 1.87. The maximum atomic E-state index is 3.37. The zero-order valence-corrected chi connectivity index (χ0v) is 7.05. The average molecular weight is 145 g/mol. The fourth-order valence-corrected chi connectivity index (χ4v) is 1.94. The maximum absolute atomic E-state index is 3.37. The summed E-state index contributed by atoms with van der Waals surface area (Å²) in [5, 5.41) is 3.37. The highest BCUT2D eigenvalue weighted by atomic mass is 32.2. The largest absolute Gasteiger partial charge is 0.313 e. The van der Waals surface area contributed by atoms with E-state index in [4.69, 9.17) is 0 Å². The van der Waals surface area contributed by atoms with E-state index >= 15 is 0 Å². The number of hydrogen-bond donors (Lipinski definition) is 1. The Bertz CT molecular complexity index is 88.9. The van der Waals surface area contributed by atoms with Crippen LogP contribution >= 0.6 is 11.8 Å². The van der Waals surface area contributed by atoms with Gasteiger partial charge in [-0.25, -0.2) is 0 Å². The van der Waals surface area contributed by atoms with Gasteiger partial charge in [-0.2, -0.15) is 11.8 Å². The van der Waals surface area contributed by atoms with Crippen LogP contribution in [0.5, 0.6) is 0 Å². The van der Waals surface area contributed by atoms with Crippen LogP contribution in [0.3, 0.4) is 0 Å². The van der Waals surface area contributed by atoms with Crippen LogP contribution in [0.2, 0.25) is 0 Å². The first-order valence-electron chi connectivity index (χ1n) is 3.60. The summed E-state index contributed by atoms with van der Waals surface area (Å²) < 4.78 is 0. The van der Waals surface area contributed by atoms with Crippen molar-refractivity contribution in [1.82, 2.24) is 5.32 Å². The number of nitrogens with one attached hydrogen (secondary N) is 1. The summed E-state index contributed by atoms with van der Waals surface area (Å²) in [6.45, 7) is 2.22.